The van der Waals surface area contributed by atoms with Crippen LogP contribution in [0.2, 0.25) is 0 Å². The molecule has 3 aromatic rings. The van der Waals surface area contributed by atoms with Crippen LogP contribution in [0.3, 0.4) is 0 Å². The number of H-pyrrole nitrogens is 1. The lowest BCUT2D eigenvalue weighted by molar-refractivity contribution is 0.332. The van der Waals surface area contributed by atoms with Crippen molar-refractivity contribution in [1.82, 2.24) is 4.98 Å². The molecule has 2 aromatic carbocycles. The highest BCUT2D eigenvalue weighted by molar-refractivity contribution is 6.10. The Bertz CT molecular complexity index is 657. The van der Waals surface area contributed by atoms with E-state index in [0.29, 0.717) is 13.2 Å². The predicted molar refractivity (Wildman–Crippen MR) is 70.4 cm³/mol. The van der Waals surface area contributed by atoms with Crippen LogP contribution in [0.4, 0.5) is 0 Å². The molecule has 0 bridgehead atoms. The second-order valence-corrected chi connectivity index (χ2v) is 3.99. The minimum Gasteiger partial charge on any atom is -0.492 e. The average Bonchev–Trinajstić information content (AvgIpc) is 2.75. The first kappa shape index (κ1) is 10.2. The van der Waals surface area contributed by atoms with E-state index in [9.17, 15) is 0 Å². The second kappa shape index (κ2) is 4.11. The zero-order chi connectivity index (χ0) is 11.7. The van der Waals surface area contributed by atoms with Crippen LogP contribution in [-0.2, 0) is 0 Å². The molecule has 0 saturated heterocycles. The summed E-state index contributed by atoms with van der Waals surface area (Å²) in [5.41, 5.74) is 7.70. The molecular formula is C14H14N2O. The maximum atomic E-state index is 5.69. The van der Waals surface area contributed by atoms with Crippen LogP contribution >= 0.6 is 0 Å². The number of nitrogens with two attached hydrogens (primary N) is 1. The minimum absolute atomic E-state index is 0.527. The maximum absolute atomic E-state index is 5.69. The lowest BCUT2D eigenvalue weighted by Crippen LogP contribution is -2.10. The third-order valence-corrected chi connectivity index (χ3v) is 2.87. The number of fused-ring (bicyclic) bond motifs is 3. The summed E-state index contributed by atoms with van der Waals surface area (Å²) < 4.78 is 5.69. The van der Waals surface area contributed by atoms with Gasteiger partial charge in [-0.05, 0) is 18.2 Å². The molecule has 1 aromatic heterocycles. The van der Waals surface area contributed by atoms with Gasteiger partial charge in [-0.1, -0.05) is 24.3 Å². The molecule has 0 radical (unpaired) electrons. The lowest BCUT2D eigenvalue weighted by atomic mass is 10.1. The summed E-state index contributed by atoms with van der Waals surface area (Å²) in [5.74, 6) is 0.894. The van der Waals surface area contributed by atoms with Crippen molar-refractivity contribution in [2.24, 2.45) is 5.73 Å². The van der Waals surface area contributed by atoms with Gasteiger partial charge in [-0.2, -0.15) is 0 Å². The van der Waals surface area contributed by atoms with Gasteiger partial charge in [0.2, 0.25) is 0 Å². The van der Waals surface area contributed by atoms with Gasteiger partial charge < -0.3 is 15.5 Å². The molecule has 0 saturated carbocycles. The second-order valence-electron chi connectivity index (χ2n) is 3.99. The Morgan fingerprint density at radius 1 is 1.00 bits per heavy atom. The number of rotatable bonds is 3. The van der Waals surface area contributed by atoms with E-state index in [0.717, 1.165) is 22.2 Å². The normalized spacial score (nSPS) is 11.1. The summed E-state index contributed by atoms with van der Waals surface area (Å²) in [4.78, 5) is 3.38. The first-order valence-electron chi connectivity index (χ1n) is 5.72. The van der Waals surface area contributed by atoms with E-state index < -0.39 is 0 Å². The molecule has 17 heavy (non-hydrogen) atoms. The Morgan fingerprint density at radius 2 is 1.82 bits per heavy atom. The van der Waals surface area contributed by atoms with E-state index in [2.05, 4.69) is 23.2 Å². The van der Waals surface area contributed by atoms with Crippen molar-refractivity contribution in [2.45, 2.75) is 0 Å². The van der Waals surface area contributed by atoms with Gasteiger partial charge in [-0.3, -0.25) is 0 Å². The average molecular weight is 226 g/mol. The molecule has 3 rings (SSSR count). The van der Waals surface area contributed by atoms with Crippen molar-refractivity contribution in [1.29, 1.82) is 0 Å². The first-order valence-corrected chi connectivity index (χ1v) is 5.72. The van der Waals surface area contributed by atoms with Gasteiger partial charge in [0.1, 0.15) is 12.4 Å². The molecule has 0 atom stereocenters. The Kier molecular flexibility index (Phi) is 2.46. The zero-order valence-corrected chi connectivity index (χ0v) is 9.44. The van der Waals surface area contributed by atoms with Crippen molar-refractivity contribution in [2.75, 3.05) is 13.2 Å². The summed E-state index contributed by atoms with van der Waals surface area (Å²) >= 11 is 0. The van der Waals surface area contributed by atoms with Gasteiger partial charge in [0.15, 0.2) is 0 Å². The van der Waals surface area contributed by atoms with Crippen molar-refractivity contribution >= 4 is 21.8 Å². The van der Waals surface area contributed by atoms with E-state index in [1.165, 1.54) is 5.39 Å². The van der Waals surface area contributed by atoms with E-state index >= 15 is 0 Å². The number of aromatic nitrogens is 1. The SMILES string of the molecule is NCCOc1cccc2[nH]c3ccccc3c12. The number of hydrogen-bond acceptors (Lipinski definition) is 2. The molecule has 3 heteroatoms. The van der Waals surface area contributed by atoms with Gasteiger partial charge in [-0.15, -0.1) is 0 Å². The number of benzene rings is 2. The van der Waals surface area contributed by atoms with Crippen LogP contribution in [0.25, 0.3) is 21.8 Å². The summed E-state index contributed by atoms with van der Waals surface area (Å²) in [5, 5.41) is 2.33. The Hall–Kier alpha value is -2.00. The predicted octanol–water partition coefficient (Wildman–Crippen LogP) is 2.66. The van der Waals surface area contributed by atoms with Gasteiger partial charge in [-0.25, -0.2) is 0 Å². The molecule has 3 nitrogen and oxygen atoms in total. The highest BCUT2D eigenvalue weighted by atomic mass is 16.5. The molecule has 0 amide bonds. The van der Waals surface area contributed by atoms with Gasteiger partial charge >= 0.3 is 0 Å². The molecule has 3 N–H and O–H groups in total. The minimum atomic E-state index is 0.527. The van der Waals surface area contributed by atoms with E-state index in [1.807, 2.05) is 24.3 Å². The molecule has 0 unspecified atom stereocenters. The summed E-state index contributed by atoms with van der Waals surface area (Å²) in [6, 6.07) is 14.3. The maximum Gasteiger partial charge on any atom is 0.129 e. The standard InChI is InChI=1S/C14H14N2O/c15-8-9-17-13-7-3-6-12-14(13)10-4-1-2-5-11(10)16-12/h1-7,16H,8-9,15H2. The summed E-state index contributed by atoms with van der Waals surface area (Å²) in [6.45, 7) is 1.07. The summed E-state index contributed by atoms with van der Waals surface area (Å²) in [7, 11) is 0. The topological polar surface area (TPSA) is 51.0 Å². The summed E-state index contributed by atoms with van der Waals surface area (Å²) in [6.07, 6.45) is 0. The Morgan fingerprint density at radius 3 is 2.71 bits per heavy atom. The van der Waals surface area contributed by atoms with Crippen molar-refractivity contribution in [3.63, 3.8) is 0 Å². The van der Waals surface area contributed by atoms with Gasteiger partial charge in [0.25, 0.3) is 0 Å². The molecule has 0 aliphatic carbocycles. The molecular weight excluding hydrogens is 212 g/mol. The zero-order valence-electron chi connectivity index (χ0n) is 9.44. The van der Waals surface area contributed by atoms with Crippen molar-refractivity contribution in [3.8, 4) is 5.75 Å². The highest BCUT2D eigenvalue weighted by Gasteiger charge is 2.08. The van der Waals surface area contributed by atoms with E-state index in [-0.39, 0.29) is 0 Å². The lowest BCUT2D eigenvalue weighted by Gasteiger charge is -2.05. The van der Waals surface area contributed by atoms with Gasteiger partial charge in [0.05, 0.1) is 5.52 Å². The molecule has 0 aliphatic rings. The smallest absolute Gasteiger partial charge is 0.129 e. The Balaban J connectivity index is 2.28. The molecule has 0 spiro atoms. The third kappa shape index (κ3) is 1.65. The van der Waals surface area contributed by atoms with Crippen LogP contribution in [0, 0.1) is 0 Å². The number of ether oxygens (including phenoxy) is 1. The van der Waals surface area contributed by atoms with Crippen molar-refractivity contribution in [3.05, 3.63) is 42.5 Å². The fourth-order valence-corrected chi connectivity index (χ4v) is 2.16. The fourth-order valence-electron chi connectivity index (χ4n) is 2.16. The van der Waals surface area contributed by atoms with Crippen LogP contribution < -0.4 is 10.5 Å². The van der Waals surface area contributed by atoms with Crippen LogP contribution in [0.5, 0.6) is 5.75 Å². The van der Waals surface area contributed by atoms with Crippen LogP contribution in [0.15, 0.2) is 42.5 Å². The van der Waals surface area contributed by atoms with E-state index in [1.54, 1.807) is 0 Å². The first-order chi connectivity index (χ1) is 8.40. The molecule has 0 fully saturated rings. The number of nitrogens with one attached hydrogen (secondary N) is 1. The van der Waals surface area contributed by atoms with Crippen LogP contribution in [0.1, 0.15) is 0 Å². The highest BCUT2D eigenvalue weighted by Crippen LogP contribution is 2.32. The molecule has 0 aliphatic heterocycles. The van der Waals surface area contributed by atoms with Gasteiger partial charge in [0, 0.05) is 22.8 Å². The van der Waals surface area contributed by atoms with Crippen molar-refractivity contribution < 1.29 is 4.74 Å². The van der Waals surface area contributed by atoms with Crippen LogP contribution in [-0.4, -0.2) is 18.1 Å². The monoisotopic (exact) mass is 226 g/mol. The number of aromatic amines is 1. The number of hydrogen-bond donors (Lipinski definition) is 2. The quantitative estimate of drug-likeness (QED) is 0.721. The van der Waals surface area contributed by atoms with E-state index in [4.69, 9.17) is 10.5 Å². The molecule has 86 valence electrons. The third-order valence-electron chi connectivity index (χ3n) is 2.87. The fraction of sp³-hybridized carbons (Fsp3) is 0.143. The molecule has 1 heterocycles. The largest absolute Gasteiger partial charge is 0.492 e. The Labute approximate surface area is 99.2 Å². The number of para-hydroxylation sites is 1.